The molecule has 0 saturated carbocycles. The summed E-state index contributed by atoms with van der Waals surface area (Å²) >= 11 is 5.83. The molecule has 0 radical (unpaired) electrons. The van der Waals surface area contributed by atoms with E-state index < -0.39 is 0 Å². The Kier molecular flexibility index (Phi) is 3.79. The lowest BCUT2D eigenvalue weighted by atomic mass is 10.3. The topological polar surface area (TPSA) is 54.0 Å². The van der Waals surface area contributed by atoms with E-state index in [2.05, 4.69) is 15.8 Å². The van der Waals surface area contributed by atoms with Crippen LogP contribution in [0.1, 0.15) is 16.2 Å². The van der Waals surface area contributed by atoms with Gasteiger partial charge in [-0.1, -0.05) is 23.7 Å². The van der Waals surface area contributed by atoms with E-state index in [1.54, 1.807) is 36.4 Å². The fourth-order valence-corrected chi connectivity index (χ4v) is 1.62. The first kappa shape index (κ1) is 12.4. The molecule has 2 aromatic rings. The molecular weight excluding hydrogens is 250 g/mol. The number of hydrogen-bond donors (Lipinski definition) is 2. The van der Waals surface area contributed by atoms with Crippen LogP contribution in [0.2, 0.25) is 5.02 Å². The number of aromatic nitrogens is 1. The van der Waals surface area contributed by atoms with Gasteiger partial charge in [-0.05, 0) is 37.3 Å². The number of pyridine rings is 1. The third-order valence-corrected chi connectivity index (χ3v) is 2.50. The summed E-state index contributed by atoms with van der Waals surface area (Å²) in [6.45, 7) is 1.83. The summed E-state index contributed by atoms with van der Waals surface area (Å²) in [5.74, 6) is -0.293. The van der Waals surface area contributed by atoms with Gasteiger partial charge in [-0.15, -0.1) is 0 Å². The predicted octanol–water partition coefficient (Wildman–Crippen LogP) is 2.80. The number of nitrogens with one attached hydrogen (secondary N) is 2. The molecule has 92 valence electrons. The highest BCUT2D eigenvalue weighted by Gasteiger charge is 2.06. The molecule has 0 unspecified atom stereocenters. The van der Waals surface area contributed by atoms with Gasteiger partial charge < -0.3 is 0 Å². The minimum atomic E-state index is -0.293. The third-order valence-electron chi connectivity index (χ3n) is 2.27. The minimum absolute atomic E-state index is 0.293. The summed E-state index contributed by atoms with van der Waals surface area (Å²) < 4.78 is 0. The standard InChI is InChI=1S/C13H12ClN3O/c1-9-4-2-7-12(15-9)13(18)17-16-11-6-3-5-10(14)8-11/h2-8,16H,1H3,(H,17,18). The molecule has 4 nitrogen and oxygen atoms in total. The molecule has 5 heteroatoms. The van der Waals surface area contributed by atoms with E-state index in [9.17, 15) is 4.79 Å². The largest absolute Gasteiger partial charge is 0.298 e. The van der Waals surface area contributed by atoms with E-state index in [-0.39, 0.29) is 5.91 Å². The number of nitrogens with zero attached hydrogens (tertiary/aromatic N) is 1. The summed E-state index contributed by atoms with van der Waals surface area (Å²) in [6, 6.07) is 12.3. The molecule has 2 N–H and O–H groups in total. The number of amides is 1. The van der Waals surface area contributed by atoms with Crippen LogP contribution in [0.3, 0.4) is 0 Å². The predicted molar refractivity (Wildman–Crippen MR) is 71.5 cm³/mol. The number of halogens is 1. The second-order valence-electron chi connectivity index (χ2n) is 3.75. The number of rotatable bonds is 3. The second-order valence-corrected chi connectivity index (χ2v) is 4.19. The number of hydrogen-bond acceptors (Lipinski definition) is 3. The number of anilines is 1. The van der Waals surface area contributed by atoms with Crippen LogP contribution < -0.4 is 10.9 Å². The van der Waals surface area contributed by atoms with Crippen LogP contribution in [0, 0.1) is 6.92 Å². The van der Waals surface area contributed by atoms with Crippen LogP contribution in [0.5, 0.6) is 0 Å². The first-order valence-electron chi connectivity index (χ1n) is 5.41. The van der Waals surface area contributed by atoms with Crippen molar-refractivity contribution in [3.05, 3.63) is 58.9 Å². The Bertz CT molecular complexity index is 572. The molecule has 0 aliphatic rings. The zero-order valence-electron chi connectivity index (χ0n) is 9.77. The molecule has 0 bridgehead atoms. The highest BCUT2D eigenvalue weighted by molar-refractivity contribution is 6.30. The van der Waals surface area contributed by atoms with Crippen molar-refractivity contribution >= 4 is 23.2 Å². The van der Waals surface area contributed by atoms with Gasteiger partial charge >= 0.3 is 0 Å². The Morgan fingerprint density at radius 2 is 2.00 bits per heavy atom. The van der Waals surface area contributed by atoms with Gasteiger partial charge in [-0.25, -0.2) is 4.98 Å². The first-order chi connectivity index (χ1) is 8.65. The van der Waals surface area contributed by atoms with Gasteiger partial charge in [0.2, 0.25) is 0 Å². The van der Waals surface area contributed by atoms with Crippen molar-refractivity contribution in [3.63, 3.8) is 0 Å². The molecule has 0 aliphatic carbocycles. The molecular formula is C13H12ClN3O. The van der Waals surface area contributed by atoms with Gasteiger partial charge in [0, 0.05) is 10.7 Å². The third kappa shape index (κ3) is 3.21. The van der Waals surface area contributed by atoms with Crippen LogP contribution in [-0.4, -0.2) is 10.9 Å². The van der Waals surface area contributed by atoms with Crippen molar-refractivity contribution < 1.29 is 4.79 Å². The Morgan fingerprint density at radius 1 is 1.22 bits per heavy atom. The van der Waals surface area contributed by atoms with E-state index >= 15 is 0 Å². The Labute approximate surface area is 110 Å². The van der Waals surface area contributed by atoms with Crippen molar-refractivity contribution in [2.75, 3.05) is 5.43 Å². The van der Waals surface area contributed by atoms with E-state index in [1.165, 1.54) is 0 Å². The van der Waals surface area contributed by atoms with Crippen LogP contribution in [0.15, 0.2) is 42.5 Å². The average molecular weight is 262 g/mol. The normalized spacial score (nSPS) is 9.89. The van der Waals surface area contributed by atoms with Gasteiger partial charge in [0.1, 0.15) is 5.69 Å². The molecule has 0 aliphatic heterocycles. The van der Waals surface area contributed by atoms with Crippen molar-refractivity contribution in [1.29, 1.82) is 0 Å². The van der Waals surface area contributed by atoms with Crippen molar-refractivity contribution in [2.24, 2.45) is 0 Å². The van der Waals surface area contributed by atoms with Gasteiger partial charge in [0.15, 0.2) is 0 Å². The van der Waals surface area contributed by atoms with Gasteiger partial charge in [-0.2, -0.15) is 0 Å². The summed E-state index contributed by atoms with van der Waals surface area (Å²) in [7, 11) is 0. The molecule has 1 heterocycles. The molecule has 0 atom stereocenters. The summed E-state index contributed by atoms with van der Waals surface area (Å²) in [5, 5.41) is 0.600. The molecule has 1 amide bonds. The first-order valence-corrected chi connectivity index (χ1v) is 5.78. The molecule has 1 aromatic carbocycles. The number of aryl methyl sites for hydroxylation is 1. The fourth-order valence-electron chi connectivity index (χ4n) is 1.43. The van der Waals surface area contributed by atoms with Crippen LogP contribution in [-0.2, 0) is 0 Å². The van der Waals surface area contributed by atoms with Crippen LogP contribution >= 0.6 is 11.6 Å². The maximum Gasteiger partial charge on any atom is 0.288 e. The van der Waals surface area contributed by atoms with E-state index in [4.69, 9.17) is 11.6 Å². The van der Waals surface area contributed by atoms with Gasteiger partial charge in [0.25, 0.3) is 5.91 Å². The lowest BCUT2D eigenvalue weighted by Gasteiger charge is -2.08. The maximum atomic E-state index is 11.8. The summed E-state index contributed by atoms with van der Waals surface area (Å²) in [6.07, 6.45) is 0. The highest BCUT2D eigenvalue weighted by atomic mass is 35.5. The average Bonchev–Trinajstić information content (AvgIpc) is 2.36. The number of benzene rings is 1. The lowest BCUT2D eigenvalue weighted by Crippen LogP contribution is -2.30. The number of carbonyl (C=O) groups excluding carboxylic acids is 1. The smallest absolute Gasteiger partial charge is 0.288 e. The molecule has 2 rings (SSSR count). The van der Waals surface area contributed by atoms with E-state index in [1.807, 2.05) is 13.0 Å². The highest BCUT2D eigenvalue weighted by Crippen LogP contribution is 2.13. The Balaban J connectivity index is 2.00. The summed E-state index contributed by atoms with van der Waals surface area (Å²) in [5.41, 5.74) is 7.21. The Hall–Kier alpha value is -2.07. The van der Waals surface area contributed by atoms with E-state index in [0.717, 1.165) is 5.69 Å². The number of hydrazine groups is 1. The van der Waals surface area contributed by atoms with Gasteiger partial charge in [-0.3, -0.25) is 15.6 Å². The Morgan fingerprint density at radius 3 is 2.72 bits per heavy atom. The quantitative estimate of drug-likeness (QED) is 0.836. The van der Waals surface area contributed by atoms with Crippen LogP contribution in [0.4, 0.5) is 5.69 Å². The molecule has 0 saturated heterocycles. The zero-order chi connectivity index (χ0) is 13.0. The lowest BCUT2D eigenvalue weighted by molar-refractivity contribution is 0.0957. The van der Waals surface area contributed by atoms with Crippen molar-refractivity contribution in [3.8, 4) is 0 Å². The molecule has 18 heavy (non-hydrogen) atoms. The number of carbonyl (C=O) groups is 1. The van der Waals surface area contributed by atoms with Gasteiger partial charge in [0.05, 0.1) is 5.69 Å². The molecule has 0 spiro atoms. The second kappa shape index (κ2) is 5.51. The fraction of sp³-hybridized carbons (Fsp3) is 0.0769. The summed E-state index contributed by atoms with van der Waals surface area (Å²) in [4.78, 5) is 15.9. The zero-order valence-corrected chi connectivity index (χ0v) is 10.5. The van der Waals surface area contributed by atoms with Crippen molar-refractivity contribution in [2.45, 2.75) is 6.92 Å². The molecule has 1 aromatic heterocycles. The molecule has 0 fully saturated rings. The maximum absolute atomic E-state index is 11.8. The van der Waals surface area contributed by atoms with Crippen molar-refractivity contribution in [1.82, 2.24) is 10.4 Å². The van der Waals surface area contributed by atoms with E-state index in [0.29, 0.717) is 16.4 Å². The minimum Gasteiger partial charge on any atom is -0.298 e. The van der Waals surface area contributed by atoms with Crippen LogP contribution in [0.25, 0.3) is 0 Å². The monoisotopic (exact) mass is 261 g/mol. The SMILES string of the molecule is Cc1cccc(C(=O)NNc2cccc(Cl)c2)n1.